The van der Waals surface area contributed by atoms with Gasteiger partial charge in [-0.1, -0.05) is 140 Å². The van der Waals surface area contributed by atoms with Gasteiger partial charge in [0.15, 0.2) is 0 Å². The Morgan fingerprint density at radius 1 is 0.426 bits per heavy atom. The monoisotopic (exact) mass is 598 g/mol. The van der Waals surface area contributed by atoms with Crippen molar-refractivity contribution in [2.45, 2.75) is 0 Å². The van der Waals surface area contributed by atoms with Gasteiger partial charge in [0.25, 0.3) is 0 Å². The van der Waals surface area contributed by atoms with Gasteiger partial charge < -0.3 is 4.42 Å². The Bertz CT molecular complexity index is 2790. The zero-order chi connectivity index (χ0) is 30.9. The fourth-order valence-corrected chi connectivity index (χ4v) is 7.23. The predicted octanol–water partition coefficient (Wildman–Crippen LogP) is 12.0. The van der Waals surface area contributed by atoms with Crippen LogP contribution in [-0.2, 0) is 0 Å². The van der Waals surface area contributed by atoms with Crippen LogP contribution in [0.3, 0.4) is 0 Å². The maximum Gasteiger partial charge on any atom is 0.143 e. The van der Waals surface area contributed by atoms with Crippen LogP contribution in [0.1, 0.15) is 0 Å². The smallest absolute Gasteiger partial charge is 0.143 e. The Kier molecular flexibility index (Phi) is 5.57. The van der Waals surface area contributed by atoms with Gasteiger partial charge in [-0.2, -0.15) is 0 Å². The fraction of sp³-hybridized carbons (Fsp3) is 0. The molecule has 0 saturated carbocycles. The van der Waals surface area contributed by atoms with Crippen LogP contribution in [0.2, 0.25) is 0 Å². The van der Waals surface area contributed by atoms with E-state index in [4.69, 9.17) is 14.4 Å². The van der Waals surface area contributed by atoms with Gasteiger partial charge in [-0.15, -0.1) is 0 Å². The van der Waals surface area contributed by atoms with Gasteiger partial charge in [0.05, 0.1) is 22.9 Å². The minimum absolute atomic E-state index is 0.867. The van der Waals surface area contributed by atoms with Crippen molar-refractivity contribution in [1.82, 2.24) is 9.97 Å². The largest absolute Gasteiger partial charge is 0.455 e. The number of benzene rings is 8. The van der Waals surface area contributed by atoms with E-state index in [1.54, 1.807) is 0 Å². The molecule has 0 amide bonds. The van der Waals surface area contributed by atoms with Crippen LogP contribution in [-0.4, -0.2) is 9.97 Å². The highest BCUT2D eigenvalue weighted by atomic mass is 16.3. The lowest BCUT2D eigenvalue weighted by atomic mass is 9.95. The minimum atomic E-state index is 0.867. The van der Waals surface area contributed by atoms with Crippen molar-refractivity contribution < 1.29 is 4.42 Å². The summed E-state index contributed by atoms with van der Waals surface area (Å²) in [6.07, 6.45) is 1.90. The van der Waals surface area contributed by atoms with Crippen LogP contribution in [0.5, 0.6) is 0 Å². The molecule has 47 heavy (non-hydrogen) atoms. The molecule has 0 saturated heterocycles. The SMILES string of the molecule is c1ccc2c(c1)cc(-c1ccc(-c3ccc(-c4cnc5c6ccccc6c6ccccc6c5n4)cc3)cc1)c1oc3ccccc3c12. The highest BCUT2D eigenvalue weighted by molar-refractivity contribution is 6.24. The first kappa shape index (κ1) is 26.0. The molecule has 0 N–H and O–H groups in total. The number of para-hydroxylation sites is 1. The second-order valence-corrected chi connectivity index (χ2v) is 12.1. The summed E-state index contributed by atoms with van der Waals surface area (Å²) in [7, 11) is 0. The first-order chi connectivity index (χ1) is 23.3. The zero-order valence-corrected chi connectivity index (χ0v) is 25.3. The molecule has 0 fully saturated rings. The number of aromatic nitrogens is 2. The van der Waals surface area contributed by atoms with E-state index in [1.165, 1.54) is 26.9 Å². The Labute approximate surface area is 270 Å². The Hall–Kier alpha value is -6.32. The molecule has 8 aromatic carbocycles. The maximum absolute atomic E-state index is 6.48. The molecule has 0 bridgehead atoms. The topological polar surface area (TPSA) is 38.9 Å². The average molecular weight is 599 g/mol. The van der Waals surface area contributed by atoms with Gasteiger partial charge in [-0.25, -0.2) is 4.98 Å². The highest BCUT2D eigenvalue weighted by Crippen LogP contribution is 2.41. The van der Waals surface area contributed by atoms with Gasteiger partial charge in [0.1, 0.15) is 11.2 Å². The molecule has 3 nitrogen and oxygen atoms in total. The van der Waals surface area contributed by atoms with E-state index in [9.17, 15) is 0 Å². The van der Waals surface area contributed by atoms with Crippen molar-refractivity contribution in [2.24, 2.45) is 0 Å². The number of furan rings is 1. The van der Waals surface area contributed by atoms with Crippen molar-refractivity contribution >= 4 is 65.3 Å². The number of hydrogen-bond acceptors (Lipinski definition) is 3. The summed E-state index contributed by atoms with van der Waals surface area (Å²) >= 11 is 0. The van der Waals surface area contributed by atoms with Crippen LogP contribution in [0.4, 0.5) is 0 Å². The zero-order valence-electron chi connectivity index (χ0n) is 25.3. The summed E-state index contributed by atoms with van der Waals surface area (Å²) in [6.45, 7) is 0. The second kappa shape index (κ2) is 10.1. The molecule has 10 rings (SSSR count). The van der Waals surface area contributed by atoms with E-state index < -0.39 is 0 Å². The third-order valence-corrected chi connectivity index (χ3v) is 9.51. The fourth-order valence-electron chi connectivity index (χ4n) is 7.23. The van der Waals surface area contributed by atoms with E-state index in [2.05, 4.69) is 140 Å². The van der Waals surface area contributed by atoms with Crippen molar-refractivity contribution in [1.29, 1.82) is 0 Å². The molecule has 2 aromatic heterocycles. The number of hydrogen-bond donors (Lipinski definition) is 0. The molecule has 0 aliphatic carbocycles. The molecule has 0 aliphatic rings. The summed E-state index contributed by atoms with van der Waals surface area (Å²) < 4.78 is 6.48. The maximum atomic E-state index is 6.48. The molecule has 0 unspecified atom stereocenters. The Morgan fingerprint density at radius 3 is 1.66 bits per heavy atom. The number of fused-ring (bicyclic) bond motifs is 11. The average Bonchev–Trinajstić information content (AvgIpc) is 3.55. The first-order valence-electron chi connectivity index (χ1n) is 15.9. The molecule has 0 spiro atoms. The van der Waals surface area contributed by atoms with Crippen LogP contribution in [0, 0.1) is 0 Å². The summed E-state index contributed by atoms with van der Waals surface area (Å²) in [5, 5.41) is 9.40. The lowest BCUT2D eigenvalue weighted by Crippen LogP contribution is -1.92. The third kappa shape index (κ3) is 4.00. The quantitative estimate of drug-likeness (QED) is 0.190. The molecule has 2 heterocycles. The number of rotatable bonds is 3. The van der Waals surface area contributed by atoms with Gasteiger partial charge in [0, 0.05) is 32.7 Å². The van der Waals surface area contributed by atoms with E-state index in [0.717, 1.165) is 71.9 Å². The summed E-state index contributed by atoms with van der Waals surface area (Å²) in [4.78, 5) is 10.1. The summed E-state index contributed by atoms with van der Waals surface area (Å²) in [5.74, 6) is 0. The van der Waals surface area contributed by atoms with Crippen LogP contribution in [0.25, 0.3) is 98.8 Å². The lowest BCUT2D eigenvalue weighted by Gasteiger charge is -2.11. The minimum Gasteiger partial charge on any atom is -0.455 e. The normalized spacial score (nSPS) is 11.8. The van der Waals surface area contributed by atoms with Crippen LogP contribution < -0.4 is 0 Å². The van der Waals surface area contributed by atoms with Crippen molar-refractivity contribution in [2.75, 3.05) is 0 Å². The van der Waals surface area contributed by atoms with E-state index in [0.29, 0.717) is 0 Å². The van der Waals surface area contributed by atoms with Crippen molar-refractivity contribution in [3.05, 3.63) is 158 Å². The van der Waals surface area contributed by atoms with E-state index in [1.807, 2.05) is 18.3 Å². The van der Waals surface area contributed by atoms with Crippen molar-refractivity contribution in [3.63, 3.8) is 0 Å². The first-order valence-corrected chi connectivity index (χ1v) is 15.9. The molecule has 0 radical (unpaired) electrons. The van der Waals surface area contributed by atoms with E-state index in [-0.39, 0.29) is 0 Å². The molecule has 218 valence electrons. The number of nitrogens with zero attached hydrogens (tertiary/aromatic N) is 2. The predicted molar refractivity (Wildman–Crippen MR) is 196 cm³/mol. The molecule has 10 aromatic rings. The molecular formula is C44H26N2O. The van der Waals surface area contributed by atoms with Gasteiger partial charge >= 0.3 is 0 Å². The van der Waals surface area contributed by atoms with Gasteiger partial charge in [0.2, 0.25) is 0 Å². The summed E-state index contributed by atoms with van der Waals surface area (Å²) in [5.41, 5.74) is 10.2. The molecular weight excluding hydrogens is 572 g/mol. The molecule has 0 atom stereocenters. The van der Waals surface area contributed by atoms with Gasteiger partial charge in [-0.3, -0.25) is 4.98 Å². The second-order valence-electron chi connectivity index (χ2n) is 12.1. The molecule has 3 heteroatoms. The van der Waals surface area contributed by atoms with Crippen molar-refractivity contribution in [3.8, 4) is 33.5 Å². The lowest BCUT2D eigenvalue weighted by molar-refractivity contribution is 0.670. The summed E-state index contributed by atoms with van der Waals surface area (Å²) in [6, 6.07) is 53.5. The Morgan fingerprint density at radius 2 is 0.957 bits per heavy atom. The van der Waals surface area contributed by atoms with E-state index >= 15 is 0 Å². The van der Waals surface area contributed by atoms with Crippen LogP contribution >= 0.6 is 0 Å². The van der Waals surface area contributed by atoms with Gasteiger partial charge in [-0.05, 0) is 50.4 Å². The molecule has 0 aliphatic heterocycles. The van der Waals surface area contributed by atoms with Crippen LogP contribution in [0.15, 0.2) is 162 Å². The third-order valence-electron chi connectivity index (χ3n) is 9.51. The highest BCUT2D eigenvalue weighted by Gasteiger charge is 2.16. The Balaban J connectivity index is 1.03. The standard InChI is InChI=1S/C44H26N2O/c1-2-10-32-31(9-1)25-38(44-41(32)37-15-7-8-16-40(37)47-44)29-21-17-27(18-22-29)28-19-23-30(24-20-28)39-26-45-42-35-13-5-3-11-33(35)34-12-4-6-14-36(34)43(42)46-39/h1-26H.